The first-order chi connectivity index (χ1) is 6.50. The lowest BCUT2D eigenvalue weighted by Crippen LogP contribution is -1.95. The summed E-state index contributed by atoms with van der Waals surface area (Å²) < 4.78 is 12.9. The van der Waals surface area contributed by atoms with Crippen molar-refractivity contribution in [3.63, 3.8) is 0 Å². The van der Waals surface area contributed by atoms with E-state index < -0.39 is 5.82 Å². The maximum Gasteiger partial charge on any atom is 0.147 e. The first-order valence-electron chi connectivity index (χ1n) is 4.35. The molecule has 0 saturated carbocycles. The molecule has 0 atom stereocenters. The van der Waals surface area contributed by atoms with Gasteiger partial charge in [0.25, 0.3) is 0 Å². The van der Waals surface area contributed by atoms with Crippen LogP contribution < -0.4 is 5.73 Å². The maximum absolute atomic E-state index is 12.9. The Morgan fingerprint density at radius 1 is 1.50 bits per heavy atom. The maximum atomic E-state index is 12.9. The van der Waals surface area contributed by atoms with Gasteiger partial charge in [-0.3, -0.25) is 0 Å². The van der Waals surface area contributed by atoms with Gasteiger partial charge in [0.2, 0.25) is 0 Å². The van der Waals surface area contributed by atoms with Crippen LogP contribution in [0.1, 0.15) is 19.4 Å². The Morgan fingerprint density at radius 2 is 2.14 bits per heavy atom. The zero-order valence-corrected chi connectivity index (χ0v) is 9.75. The van der Waals surface area contributed by atoms with Crippen molar-refractivity contribution in [1.29, 1.82) is 0 Å². The smallest absolute Gasteiger partial charge is 0.147 e. The predicted octanol–water partition coefficient (Wildman–Crippen LogP) is 3.70. The second-order valence-electron chi connectivity index (χ2n) is 3.32. The first-order valence-corrected chi connectivity index (χ1v) is 5.78. The van der Waals surface area contributed by atoms with Crippen LogP contribution in [0.2, 0.25) is 5.02 Å². The number of nitrogens with two attached hydrogens (primary N) is 1. The normalized spacial score (nSPS) is 10.9. The van der Waals surface area contributed by atoms with Crippen LogP contribution in [-0.2, 0) is 5.75 Å². The minimum atomic E-state index is -0.451. The Morgan fingerprint density at radius 3 is 2.71 bits per heavy atom. The number of benzene rings is 1. The molecule has 0 bridgehead atoms. The Hall–Kier alpha value is -0.410. The molecule has 0 spiro atoms. The van der Waals surface area contributed by atoms with E-state index in [4.69, 9.17) is 17.3 Å². The van der Waals surface area contributed by atoms with Crippen LogP contribution >= 0.6 is 23.4 Å². The summed E-state index contributed by atoms with van der Waals surface area (Å²) in [6.45, 7) is 4.21. The van der Waals surface area contributed by atoms with Crippen LogP contribution in [-0.4, -0.2) is 5.25 Å². The van der Waals surface area contributed by atoms with Crippen molar-refractivity contribution in [3.8, 4) is 0 Å². The SMILES string of the molecule is CC(C)SCc1cc(N)c(F)cc1Cl. The average Bonchev–Trinajstić information content (AvgIpc) is 2.09. The van der Waals surface area contributed by atoms with E-state index in [1.807, 2.05) is 0 Å². The number of hydrogen-bond donors (Lipinski definition) is 1. The van der Waals surface area contributed by atoms with Crippen LogP contribution in [0, 0.1) is 5.82 Å². The van der Waals surface area contributed by atoms with Crippen molar-refractivity contribution in [2.24, 2.45) is 0 Å². The molecule has 1 aromatic rings. The number of thioether (sulfide) groups is 1. The fourth-order valence-corrected chi connectivity index (χ4v) is 2.03. The van der Waals surface area contributed by atoms with Gasteiger partial charge in [-0.25, -0.2) is 4.39 Å². The quantitative estimate of drug-likeness (QED) is 0.806. The fraction of sp³-hybridized carbons (Fsp3) is 0.400. The minimum Gasteiger partial charge on any atom is -0.396 e. The molecule has 4 heteroatoms. The third kappa shape index (κ3) is 3.07. The van der Waals surface area contributed by atoms with Gasteiger partial charge >= 0.3 is 0 Å². The molecule has 1 nitrogen and oxygen atoms in total. The van der Waals surface area contributed by atoms with Crippen molar-refractivity contribution in [2.75, 3.05) is 5.73 Å². The standard InChI is InChI=1S/C10H13ClFNS/c1-6(2)14-5-7-3-10(13)9(12)4-8(7)11/h3-4,6H,5,13H2,1-2H3. The van der Waals surface area contributed by atoms with Gasteiger partial charge in [-0.05, 0) is 22.9 Å². The summed E-state index contributed by atoms with van der Waals surface area (Å²) in [6, 6.07) is 2.88. The zero-order valence-electron chi connectivity index (χ0n) is 8.18. The lowest BCUT2D eigenvalue weighted by Gasteiger charge is -2.08. The predicted molar refractivity (Wildman–Crippen MR) is 62.3 cm³/mol. The highest BCUT2D eigenvalue weighted by molar-refractivity contribution is 7.99. The molecule has 78 valence electrons. The molecule has 0 fully saturated rings. The van der Waals surface area contributed by atoms with Gasteiger partial charge in [0.1, 0.15) is 5.82 Å². The summed E-state index contributed by atoms with van der Waals surface area (Å²) >= 11 is 7.63. The molecule has 0 radical (unpaired) electrons. The van der Waals surface area contributed by atoms with Gasteiger partial charge in [-0.1, -0.05) is 25.4 Å². The van der Waals surface area contributed by atoms with Crippen LogP contribution in [0.5, 0.6) is 0 Å². The van der Waals surface area contributed by atoms with E-state index in [-0.39, 0.29) is 5.69 Å². The van der Waals surface area contributed by atoms with Gasteiger partial charge in [-0.15, -0.1) is 0 Å². The molecule has 14 heavy (non-hydrogen) atoms. The summed E-state index contributed by atoms with van der Waals surface area (Å²) in [5.74, 6) is 0.314. The summed E-state index contributed by atoms with van der Waals surface area (Å²) in [7, 11) is 0. The van der Waals surface area contributed by atoms with Gasteiger partial charge in [0.05, 0.1) is 5.69 Å². The Bertz CT molecular complexity index is 328. The average molecular weight is 234 g/mol. The molecular weight excluding hydrogens is 221 g/mol. The van der Waals surface area contributed by atoms with Crippen LogP contribution in [0.3, 0.4) is 0 Å². The van der Waals surface area contributed by atoms with E-state index in [0.29, 0.717) is 10.3 Å². The lowest BCUT2D eigenvalue weighted by atomic mass is 10.2. The molecule has 2 N–H and O–H groups in total. The molecule has 0 aliphatic heterocycles. The number of halogens is 2. The Kier molecular flexibility index (Phi) is 4.08. The second-order valence-corrected chi connectivity index (χ2v) is 5.30. The summed E-state index contributed by atoms with van der Waals surface area (Å²) in [5, 5.41) is 0.974. The molecule has 0 aliphatic rings. The summed E-state index contributed by atoms with van der Waals surface area (Å²) in [6.07, 6.45) is 0. The van der Waals surface area contributed by atoms with E-state index >= 15 is 0 Å². The van der Waals surface area contributed by atoms with Crippen molar-refractivity contribution in [3.05, 3.63) is 28.5 Å². The summed E-state index contributed by atoms with van der Waals surface area (Å²) in [5.41, 5.74) is 6.51. The number of hydrogen-bond acceptors (Lipinski definition) is 2. The highest BCUT2D eigenvalue weighted by Gasteiger charge is 2.07. The number of nitrogen functional groups attached to an aromatic ring is 1. The van der Waals surface area contributed by atoms with Gasteiger partial charge in [0, 0.05) is 10.8 Å². The molecule has 1 aromatic carbocycles. The summed E-state index contributed by atoms with van der Waals surface area (Å²) in [4.78, 5) is 0. The molecule has 0 heterocycles. The van der Waals surface area contributed by atoms with E-state index in [1.54, 1.807) is 17.8 Å². The highest BCUT2D eigenvalue weighted by atomic mass is 35.5. The van der Waals surface area contributed by atoms with E-state index in [2.05, 4.69) is 13.8 Å². The largest absolute Gasteiger partial charge is 0.396 e. The molecule has 0 aromatic heterocycles. The fourth-order valence-electron chi connectivity index (χ4n) is 0.980. The van der Waals surface area contributed by atoms with Crippen molar-refractivity contribution in [2.45, 2.75) is 24.9 Å². The third-order valence-corrected chi connectivity index (χ3v) is 3.23. The molecular formula is C10H13ClFNS. The topological polar surface area (TPSA) is 26.0 Å². The van der Waals surface area contributed by atoms with E-state index in [9.17, 15) is 4.39 Å². The van der Waals surface area contributed by atoms with Crippen LogP contribution in [0.15, 0.2) is 12.1 Å². The molecule has 0 saturated heterocycles. The number of anilines is 1. The highest BCUT2D eigenvalue weighted by Crippen LogP contribution is 2.27. The Balaban J connectivity index is 2.82. The monoisotopic (exact) mass is 233 g/mol. The van der Waals surface area contributed by atoms with Crippen molar-refractivity contribution in [1.82, 2.24) is 0 Å². The van der Waals surface area contributed by atoms with E-state index in [0.717, 1.165) is 11.3 Å². The van der Waals surface area contributed by atoms with Crippen molar-refractivity contribution < 1.29 is 4.39 Å². The van der Waals surface area contributed by atoms with Crippen LogP contribution in [0.4, 0.5) is 10.1 Å². The Labute approximate surface area is 92.8 Å². The number of rotatable bonds is 3. The molecule has 0 amide bonds. The first kappa shape index (κ1) is 11.7. The molecule has 0 aliphatic carbocycles. The van der Waals surface area contributed by atoms with Gasteiger partial charge < -0.3 is 5.73 Å². The molecule has 0 unspecified atom stereocenters. The minimum absolute atomic E-state index is 0.161. The van der Waals surface area contributed by atoms with Gasteiger partial charge in [0.15, 0.2) is 0 Å². The second kappa shape index (κ2) is 4.89. The third-order valence-electron chi connectivity index (χ3n) is 1.74. The van der Waals surface area contributed by atoms with Crippen LogP contribution in [0.25, 0.3) is 0 Å². The van der Waals surface area contributed by atoms with E-state index in [1.165, 1.54) is 6.07 Å². The zero-order chi connectivity index (χ0) is 10.7. The lowest BCUT2D eigenvalue weighted by molar-refractivity contribution is 0.632. The van der Waals surface area contributed by atoms with Gasteiger partial charge in [-0.2, -0.15) is 11.8 Å². The molecule has 1 rings (SSSR count). The van der Waals surface area contributed by atoms with Crippen molar-refractivity contribution >= 4 is 29.1 Å².